The van der Waals surface area contributed by atoms with Gasteiger partial charge in [-0.05, 0) is 38.1 Å². The molecule has 1 fully saturated rings. The van der Waals surface area contributed by atoms with Crippen molar-refractivity contribution in [3.8, 4) is 0 Å². The molecule has 2 aromatic rings. The lowest BCUT2D eigenvalue weighted by molar-refractivity contribution is 0.0683. The fraction of sp³-hybridized carbons (Fsp3) is 0.526. The van der Waals surface area contributed by atoms with Crippen LogP contribution >= 0.6 is 24.0 Å². The second-order valence-corrected chi connectivity index (χ2v) is 6.50. The summed E-state index contributed by atoms with van der Waals surface area (Å²) in [5, 5.41) is 7.24. The number of benzene rings is 1. The molecule has 2 heterocycles. The van der Waals surface area contributed by atoms with Crippen LogP contribution in [0.5, 0.6) is 0 Å². The first-order valence-electron chi connectivity index (χ1n) is 9.51. The molecule has 10 heteroatoms. The lowest BCUT2D eigenvalue weighted by Gasteiger charge is -2.37. The van der Waals surface area contributed by atoms with Gasteiger partial charge in [0.05, 0.1) is 6.54 Å². The second-order valence-electron chi connectivity index (χ2n) is 6.50. The van der Waals surface area contributed by atoms with Gasteiger partial charge in [0.25, 0.3) is 0 Å². The van der Waals surface area contributed by atoms with Crippen molar-refractivity contribution in [2.45, 2.75) is 26.5 Å². The predicted octanol–water partition coefficient (Wildman–Crippen LogP) is 2.82. The van der Waals surface area contributed by atoms with E-state index < -0.39 is 0 Å². The number of nitrogens with one attached hydrogen (secondary N) is 1. The summed E-state index contributed by atoms with van der Waals surface area (Å²) >= 11 is 0. The standard InChI is InChI=1S/C19H27FN6O2.HI/c1-4-27-14(2)18-23-17(28-24-18)13-22-19(21-3)26-11-9-25(10-12-26)16-7-5-15(20)6-8-16;/h5-8,14H,4,9-13H2,1-3H3,(H,21,22);1H. The topological polar surface area (TPSA) is 79.0 Å². The molecule has 1 aliphatic heterocycles. The quantitative estimate of drug-likeness (QED) is 0.358. The van der Waals surface area contributed by atoms with E-state index in [9.17, 15) is 4.39 Å². The molecule has 1 N–H and O–H groups in total. The number of rotatable bonds is 6. The highest BCUT2D eigenvalue weighted by atomic mass is 127. The van der Waals surface area contributed by atoms with Crippen LogP contribution in [0.1, 0.15) is 31.7 Å². The zero-order chi connectivity index (χ0) is 19.9. The molecule has 0 bridgehead atoms. The number of aliphatic imine (C=N–C) groups is 1. The average molecular weight is 518 g/mol. The van der Waals surface area contributed by atoms with Gasteiger partial charge in [-0.1, -0.05) is 5.16 Å². The zero-order valence-corrected chi connectivity index (χ0v) is 19.3. The van der Waals surface area contributed by atoms with Crippen LogP contribution in [-0.4, -0.2) is 60.8 Å². The van der Waals surface area contributed by atoms with Crippen molar-refractivity contribution < 1.29 is 13.7 Å². The van der Waals surface area contributed by atoms with E-state index >= 15 is 0 Å². The Morgan fingerprint density at radius 3 is 2.59 bits per heavy atom. The molecule has 3 rings (SSSR count). The van der Waals surface area contributed by atoms with Crippen LogP contribution in [-0.2, 0) is 11.3 Å². The van der Waals surface area contributed by atoms with Crippen LogP contribution in [0, 0.1) is 5.82 Å². The summed E-state index contributed by atoms with van der Waals surface area (Å²) in [4.78, 5) is 13.1. The predicted molar refractivity (Wildman–Crippen MR) is 120 cm³/mol. The third-order valence-electron chi connectivity index (χ3n) is 4.64. The Morgan fingerprint density at radius 1 is 1.28 bits per heavy atom. The fourth-order valence-electron chi connectivity index (χ4n) is 3.14. The van der Waals surface area contributed by atoms with E-state index in [1.807, 2.05) is 26.0 Å². The third kappa shape index (κ3) is 6.26. The van der Waals surface area contributed by atoms with Gasteiger partial charge in [-0.3, -0.25) is 4.99 Å². The van der Waals surface area contributed by atoms with E-state index in [2.05, 4.69) is 30.2 Å². The van der Waals surface area contributed by atoms with Crippen LogP contribution in [0.3, 0.4) is 0 Å². The molecule has 1 aliphatic rings. The van der Waals surface area contributed by atoms with Gasteiger partial charge in [0.15, 0.2) is 11.8 Å². The maximum atomic E-state index is 13.1. The van der Waals surface area contributed by atoms with E-state index in [0.717, 1.165) is 37.8 Å². The highest BCUT2D eigenvalue weighted by Gasteiger charge is 2.21. The molecule has 1 aromatic heterocycles. The molecular weight excluding hydrogens is 490 g/mol. The summed E-state index contributed by atoms with van der Waals surface area (Å²) in [7, 11) is 1.76. The van der Waals surface area contributed by atoms with Gasteiger partial charge in [-0.15, -0.1) is 24.0 Å². The van der Waals surface area contributed by atoms with E-state index in [4.69, 9.17) is 9.26 Å². The number of hydrogen-bond acceptors (Lipinski definition) is 6. The average Bonchev–Trinajstić information content (AvgIpc) is 3.19. The van der Waals surface area contributed by atoms with Crippen LogP contribution in [0.15, 0.2) is 33.8 Å². The first-order chi connectivity index (χ1) is 13.6. The van der Waals surface area contributed by atoms with Gasteiger partial charge in [-0.2, -0.15) is 4.98 Å². The highest BCUT2D eigenvalue weighted by molar-refractivity contribution is 14.0. The molecule has 1 unspecified atom stereocenters. The highest BCUT2D eigenvalue weighted by Crippen LogP contribution is 2.17. The fourth-order valence-corrected chi connectivity index (χ4v) is 3.14. The van der Waals surface area contributed by atoms with E-state index in [-0.39, 0.29) is 35.9 Å². The van der Waals surface area contributed by atoms with Crippen molar-refractivity contribution >= 4 is 35.6 Å². The lowest BCUT2D eigenvalue weighted by Crippen LogP contribution is -2.52. The van der Waals surface area contributed by atoms with E-state index in [1.54, 1.807) is 7.05 Å². The molecule has 0 amide bonds. The minimum absolute atomic E-state index is 0. The molecule has 0 saturated carbocycles. The summed E-state index contributed by atoms with van der Waals surface area (Å²) in [6.07, 6.45) is -0.193. The molecule has 0 radical (unpaired) electrons. The summed E-state index contributed by atoms with van der Waals surface area (Å²) in [6.45, 7) is 8.12. The molecular formula is C19H28FIN6O2. The number of hydrogen-bond donors (Lipinski definition) is 1. The summed E-state index contributed by atoms with van der Waals surface area (Å²) in [5.74, 6) is 1.61. The van der Waals surface area contributed by atoms with Gasteiger partial charge in [0.2, 0.25) is 5.89 Å². The van der Waals surface area contributed by atoms with Gasteiger partial charge in [0, 0.05) is 45.5 Å². The molecule has 8 nitrogen and oxygen atoms in total. The zero-order valence-electron chi connectivity index (χ0n) is 17.0. The lowest BCUT2D eigenvalue weighted by atomic mass is 10.2. The Hall–Kier alpha value is -1.95. The first-order valence-corrected chi connectivity index (χ1v) is 9.51. The van der Waals surface area contributed by atoms with Crippen molar-refractivity contribution in [1.29, 1.82) is 0 Å². The summed E-state index contributed by atoms with van der Waals surface area (Å²) < 4.78 is 23.9. The Kier molecular flexibility index (Phi) is 9.08. The Labute approximate surface area is 187 Å². The second kappa shape index (κ2) is 11.3. The number of guanidine groups is 1. The van der Waals surface area contributed by atoms with Crippen LogP contribution in [0.2, 0.25) is 0 Å². The molecule has 1 atom stereocenters. The number of ether oxygens (including phenoxy) is 1. The van der Waals surface area contributed by atoms with Crippen molar-refractivity contribution in [3.05, 3.63) is 41.8 Å². The smallest absolute Gasteiger partial charge is 0.246 e. The molecule has 1 saturated heterocycles. The SMILES string of the molecule is CCOC(C)c1noc(CNC(=NC)N2CCN(c3ccc(F)cc3)CC2)n1.I. The minimum Gasteiger partial charge on any atom is -0.371 e. The van der Waals surface area contributed by atoms with E-state index in [0.29, 0.717) is 24.9 Å². The molecule has 0 spiro atoms. The Morgan fingerprint density at radius 2 is 1.97 bits per heavy atom. The maximum absolute atomic E-state index is 13.1. The number of anilines is 1. The monoisotopic (exact) mass is 518 g/mol. The van der Waals surface area contributed by atoms with Crippen LogP contribution < -0.4 is 10.2 Å². The summed E-state index contributed by atoms with van der Waals surface area (Å²) in [6, 6.07) is 6.61. The van der Waals surface area contributed by atoms with Gasteiger partial charge >= 0.3 is 0 Å². The third-order valence-corrected chi connectivity index (χ3v) is 4.64. The summed E-state index contributed by atoms with van der Waals surface area (Å²) in [5.41, 5.74) is 1.03. The Bertz CT molecular complexity index is 777. The van der Waals surface area contributed by atoms with Crippen molar-refractivity contribution in [2.24, 2.45) is 4.99 Å². The number of piperazine rings is 1. The molecule has 0 aliphatic carbocycles. The normalized spacial score (nSPS) is 15.8. The molecule has 29 heavy (non-hydrogen) atoms. The van der Waals surface area contributed by atoms with Gasteiger partial charge in [0.1, 0.15) is 11.9 Å². The van der Waals surface area contributed by atoms with Crippen molar-refractivity contribution in [3.63, 3.8) is 0 Å². The first kappa shape index (κ1) is 23.3. The van der Waals surface area contributed by atoms with Crippen molar-refractivity contribution in [1.82, 2.24) is 20.4 Å². The van der Waals surface area contributed by atoms with E-state index in [1.165, 1.54) is 12.1 Å². The largest absolute Gasteiger partial charge is 0.371 e. The van der Waals surface area contributed by atoms with Crippen LogP contribution in [0.25, 0.3) is 0 Å². The van der Waals surface area contributed by atoms with Crippen LogP contribution in [0.4, 0.5) is 10.1 Å². The molecule has 1 aromatic carbocycles. The number of aromatic nitrogens is 2. The Balaban J connectivity index is 0.00000300. The van der Waals surface area contributed by atoms with Crippen molar-refractivity contribution in [2.75, 3.05) is 44.7 Å². The number of nitrogens with zero attached hydrogens (tertiary/aromatic N) is 5. The molecule has 160 valence electrons. The minimum atomic E-state index is -0.216. The van der Waals surface area contributed by atoms with Gasteiger partial charge < -0.3 is 24.4 Å². The number of halogens is 2. The van der Waals surface area contributed by atoms with Gasteiger partial charge in [-0.25, -0.2) is 4.39 Å². The maximum Gasteiger partial charge on any atom is 0.246 e.